The molecule has 5 nitrogen and oxygen atoms in total. The van der Waals surface area contributed by atoms with Gasteiger partial charge in [-0.25, -0.2) is 4.79 Å². The Morgan fingerprint density at radius 1 is 1.14 bits per heavy atom. The predicted molar refractivity (Wildman–Crippen MR) is 89.0 cm³/mol. The van der Waals surface area contributed by atoms with Crippen molar-refractivity contribution in [3.05, 3.63) is 58.6 Å². The van der Waals surface area contributed by atoms with Crippen LogP contribution in [0.5, 0.6) is 0 Å². The highest BCUT2D eigenvalue weighted by Crippen LogP contribution is 2.20. The van der Waals surface area contributed by atoms with Gasteiger partial charge in [-0.15, -0.1) is 0 Å². The van der Waals surface area contributed by atoms with Crippen LogP contribution in [0, 0.1) is 0 Å². The molecule has 0 fully saturated rings. The number of hydrogen-bond donors (Lipinski definition) is 3. The van der Waals surface area contributed by atoms with E-state index in [9.17, 15) is 14.7 Å². The van der Waals surface area contributed by atoms with Crippen LogP contribution in [-0.2, 0) is 4.79 Å². The molecule has 0 aromatic heterocycles. The Kier molecular flexibility index (Phi) is 5.16. The van der Waals surface area contributed by atoms with Crippen molar-refractivity contribution in [2.45, 2.75) is 12.5 Å². The highest BCUT2D eigenvalue weighted by molar-refractivity contribution is 9.10. The van der Waals surface area contributed by atoms with Crippen LogP contribution in [0.4, 0.5) is 11.4 Å². The van der Waals surface area contributed by atoms with Gasteiger partial charge in [-0.2, -0.15) is 0 Å². The normalized spacial score (nSPS) is 11.7. The Morgan fingerprint density at radius 3 is 2.36 bits per heavy atom. The number of nitrogen functional groups attached to an aromatic ring is 1. The number of anilines is 2. The molecule has 0 amide bonds. The lowest BCUT2D eigenvalue weighted by Crippen LogP contribution is -2.32. The second-order valence-corrected chi connectivity index (χ2v) is 5.67. The van der Waals surface area contributed by atoms with Gasteiger partial charge in [0.15, 0.2) is 5.78 Å². The van der Waals surface area contributed by atoms with E-state index >= 15 is 0 Å². The molecular formula is C16H15BrN2O3. The number of rotatable bonds is 6. The Hall–Kier alpha value is -2.34. The monoisotopic (exact) mass is 362 g/mol. The number of benzene rings is 2. The second-order valence-electron chi connectivity index (χ2n) is 4.76. The highest BCUT2D eigenvalue weighted by Gasteiger charge is 2.22. The zero-order chi connectivity index (χ0) is 16.1. The molecule has 0 saturated carbocycles. The Morgan fingerprint density at radius 2 is 1.77 bits per heavy atom. The van der Waals surface area contributed by atoms with E-state index in [0.29, 0.717) is 16.9 Å². The van der Waals surface area contributed by atoms with Crippen molar-refractivity contribution < 1.29 is 14.7 Å². The Bertz CT molecular complexity index is 686. The fourth-order valence-corrected chi connectivity index (χ4v) is 2.22. The summed E-state index contributed by atoms with van der Waals surface area (Å²) in [6.07, 6.45) is -0.161. The van der Waals surface area contributed by atoms with Crippen LogP contribution in [0.25, 0.3) is 0 Å². The Balaban J connectivity index is 2.12. The SMILES string of the molecule is Nc1ccccc1NC(CC(=O)c1ccc(Br)cc1)C(=O)O. The van der Waals surface area contributed by atoms with Crippen LogP contribution in [0.3, 0.4) is 0 Å². The average Bonchev–Trinajstić information content (AvgIpc) is 2.49. The number of carbonyl (C=O) groups excluding carboxylic acids is 1. The number of aliphatic carboxylic acids is 1. The molecule has 6 heteroatoms. The summed E-state index contributed by atoms with van der Waals surface area (Å²) in [4.78, 5) is 23.6. The van der Waals surface area contributed by atoms with Crippen LogP contribution in [-0.4, -0.2) is 22.9 Å². The van der Waals surface area contributed by atoms with Crippen LogP contribution in [0.15, 0.2) is 53.0 Å². The number of hydrogen-bond acceptors (Lipinski definition) is 4. The first-order valence-electron chi connectivity index (χ1n) is 6.60. The van der Waals surface area contributed by atoms with Crippen molar-refractivity contribution in [3.63, 3.8) is 0 Å². The molecule has 2 aromatic rings. The summed E-state index contributed by atoms with van der Waals surface area (Å²) in [6.45, 7) is 0. The summed E-state index contributed by atoms with van der Waals surface area (Å²) in [5.41, 5.74) is 7.19. The van der Waals surface area contributed by atoms with Crippen molar-refractivity contribution in [1.82, 2.24) is 0 Å². The maximum Gasteiger partial charge on any atom is 0.326 e. The van der Waals surface area contributed by atoms with E-state index in [4.69, 9.17) is 5.73 Å². The molecule has 4 N–H and O–H groups in total. The van der Waals surface area contributed by atoms with Crippen molar-refractivity contribution in [2.24, 2.45) is 0 Å². The number of nitrogens with two attached hydrogens (primary N) is 1. The van der Waals surface area contributed by atoms with Gasteiger partial charge in [0.05, 0.1) is 11.4 Å². The van der Waals surface area contributed by atoms with E-state index in [1.54, 1.807) is 48.5 Å². The van der Waals surface area contributed by atoms with Crippen LogP contribution in [0.1, 0.15) is 16.8 Å². The average molecular weight is 363 g/mol. The molecule has 0 bridgehead atoms. The topological polar surface area (TPSA) is 92.4 Å². The number of carbonyl (C=O) groups is 2. The first-order chi connectivity index (χ1) is 10.5. The standard InChI is InChI=1S/C16H15BrN2O3/c17-11-7-5-10(6-8-11)15(20)9-14(16(21)22)19-13-4-2-1-3-12(13)18/h1-8,14,19H,9,18H2,(H,21,22). The van der Waals surface area contributed by atoms with Gasteiger partial charge in [0.2, 0.25) is 0 Å². The van der Waals surface area contributed by atoms with Gasteiger partial charge in [-0.3, -0.25) is 4.79 Å². The van der Waals surface area contributed by atoms with Crippen molar-refractivity contribution in [2.75, 3.05) is 11.1 Å². The molecule has 0 aliphatic carbocycles. The van der Waals surface area contributed by atoms with Gasteiger partial charge in [0, 0.05) is 16.5 Å². The van der Waals surface area contributed by atoms with Crippen molar-refractivity contribution >= 4 is 39.1 Å². The van der Waals surface area contributed by atoms with E-state index in [2.05, 4.69) is 21.2 Å². The number of ketones is 1. The van der Waals surface area contributed by atoms with Crippen LogP contribution in [0.2, 0.25) is 0 Å². The summed E-state index contributed by atoms with van der Waals surface area (Å²) in [5, 5.41) is 12.1. The molecule has 2 aromatic carbocycles. The van der Waals surface area contributed by atoms with Gasteiger partial charge in [-0.05, 0) is 24.3 Å². The molecule has 1 unspecified atom stereocenters. The molecule has 0 saturated heterocycles. The van der Waals surface area contributed by atoms with E-state index in [1.165, 1.54) is 0 Å². The largest absolute Gasteiger partial charge is 0.480 e. The molecule has 2 rings (SSSR count). The third-order valence-corrected chi connectivity index (χ3v) is 3.67. The molecule has 22 heavy (non-hydrogen) atoms. The van der Waals surface area contributed by atoms with Gasteiger partial charge in [0.1, 0.15) is 6.04 Å². The van der Waals surface area contributed by atoms with Gasteiger partial charge >= 0.3 is 5.97 Å². The zero-order valence-electron chi connectivity index (χ0n) is 11.6. The number of carboxylic acids is 1. The summed E-state index contributed by atoms with van der Waals surface area (Å²) >= 11 is 3.29. The fourth-order valence-electron chi connectivity index (χ4n) is 1.96. The third kappa shape index (κ3) is 4.08. The number of halogens is 1. The summed E-state index contributed by atoms with van der Waals surface area (Å²) in [7, 11) is 0. The van der Waals surface area contributed by atoms with Gasteiger partial charge in [-0.1, -0.05) is 40.2 Å². The molecule has 114 valence electrons. The second kappa shape index (κ2) is 7.09. The molecule has 0 aliphatic rings. The number of Topliss-reactive ketones (excluding diaryl/α,β-unsaturated/α-hetero) is 1. The molecule has 1 atom stereocenters. The van der Waals surface area contributed by atoms with E-state index in [1.807, 2.05) is 0 Å². The first-order valence-corrected chi connectivity index (χ1v) is 7.39. The molecule has 0 aliphatic heterocycles. The lowest BCUT2D eigenvalue weighted by molar-refractivity contribution is -0.137. The van der Waals surface area contributed by atoms with Crippen LogP contribution < -0.4 is 11.1 Å². The summed E-state index contributed by atoms with van der Waals surface area (Å²) in [6, 6.07) is 12.6. The maximum atomic E-state index is 12.2. The van der Waals surface area contributed by atoms with Crippen molar-refractivity contribution in [1.29, 1.82) is 0 Å². The minimum atomic E-state index is -1.10. The van der Waals surface area contributed by atoms with E-state index in [-0.39, 0.29) is 12.2 Å². The number of para-hydroxylation sites is 2. The quantitative estimate of drug-likeness (QED) is 0.542. The third-order valence-electron chi connectivity index (χ3n) is 3.14. The molecule has 0 spiro atoms. The maximum absolute atomic E-state index is 12.2. The van der Waals surface area contributed by atoms with Crippen molar-refractivity contribution in [3.8, 4) is 0 Å². The minimum Gasteiger partial charge on any atom is -0.480 e. The van der Waals surface area contributed by atoms with E-state index in [0.717, 1.165) is 4.47 Å². The van der Waals surface area contributed by atoms with E-state index < -0.39 is 12.0 Å². The molecule has 0 radical (unpaired) electrons. The highest BCUT2D eigenvalue weighted by atomic mass is 79.9. The first kappa shape index (κ1) is 16.0. The summed E-state index contributed by atoms with van der Waals surface area (Å²) < 4.78 is 0.856. The minimum absolute atomic E-state index is 0.161. The summed E-state index contributed by atoms with van der Waals surface area (Å²) in [5.74, 6) is -1.35. The number of carboxylic acid groups (broad SMARTS) is 1. The Labute approximate surface area is 136 Å². The van der Waals surface area contributed by atoms with Crippen LogP contribution >= 0.6 is 15.9 Å². The smallest absolute Gasteiger partial charge is 0.326 e. The van der Waals surface area contributed by atoms with Gasteiger partial charge in [0.25, 0.3) is 0 Å². The fraction of sp³-hybridized carbons (Fsp3) is 0.125. The lowest BCUT2D eigenvalue weighted by Gasteiger charge is -2.16. The lowest BCUT2D eigenvalue weighted by atomic mass is 10.0. The molecule has 0 heterocycles. The number of nitrogens with one attached hydrogen (secondary N) is 1. The van der Waals surface area contributed by atoms with Gasteiger partial charge < -0.3 is 16.2 Å². The molecular weight excluding hydrogens is 348 g/mol. The zero-order valence-corrected chi connectivity index (χ0v) is 13.2. The predicted octanol–water partition coefficient (Wildman–Crippen LogP) is 3.17.